The van der Waals surface area contributed by atoms with Crippen LogP contribution >= 0.6 is 0 Å². The first kappa shape index (κ1) is 15.1. The van der Waals surface area contributed by atoms with Crippen LogP contribution in [0, 0.1) is 10.1 Å². The normalized spacial score (nSPS) is 12.3. The van der Waals surface area contributed by atoms with Gasteiger partial charge in [-0.15, -0.1) is 0 Å². The fourth-order valence-electron chi connectivity index (χ4n) is 1.73. The van der Waals surface area contributed by atoms with E-state index < -0.39 is 11.0 Å². The van der Waals surface area contributed by atoms with Gasteiger partial charge in [0.15, 0.2) is 0 Å². The lowest BCUT2D eigenvalue weighted by Crippen LogP contribution is -2.41. The van der Waals surface area contributed by atoms with E-state index in [0.29, 0.717) is 0 Å². The fraction of sp³-hybridized carbons (Fsp3) is 0.462. The largest absolute Gasteiger partial charge is 0.392 e. The molecule has 1 N–H and O–H groups in total. The summed E-state index contributed by atoms with van der Waals surface area (Å²) in [5.41, 5.74) is 0.134. The summed E-state index contributed by atoms with van der Waals surface area (Å²) in [5.74, 6) is -0.320. The topological polar surface area (TPSA) is 83.7 Å². The number of hydrogen-bond donors (Lipinski definition) is 1. The summed E-state index contributed by atoms with van der Waals surface area (Å²) >= 11 is 0. The van der Waals surface area contributed by atoms with Crippen LogP contribution in [0.1, 0.15) is 31.1 Å². The highest BCUT2D eigenvalue weighted by Gasteiger charge is 2.21. The van der Waals surface area contributed by atoms with Crippen molar-refractivity contribution in [1.29, 1.82) is 0 Å². The van der Waals surface area contributed by atoms with Gasteiger partial charge in [0.1, 0.15) is 0 Å². The molecular weight excluding hydrogens is 248 g/mol. The number of benzene rings is 1. The minimum atomic E-state index is -0.648. The third-order valence-corrected chi connectivity index (χ3v) is 2.65. The summed E-state index contributed by atoms with van der Waals surface area (Å²) in [6, 6.07) is 5.51. The van der Waals surface area contributed by atoms with Crippen LogP contribution in [0.5, 0.6) is 0 Å². The molecule has 0 heterocycles. The first-order chi connectivity index (χ1) is 8.82. The van der Waals surface area contributed by atoms with E-state index in [9.17, 15) is 20.0 Å². The van der Waals surface area contributed by atoms with Crippen molar-refractivity contribution < 1.29 is 14.8 Å². The van der Waals surface area contributed by atoms with Crippen LogP contribution in [0.4, 0.5) is 5.69 Å². The molecule has 104 valence electrons. The minimum Gasteiger partial charge on any atom is -0.392 e. The summed E-state index contributed by atoms with van der Waals surface area (Å²) in [5, 5.41) is 20.1. The van der Waals surface area contributed by atoms with E-state index in [1.54, 1.807) is 6.92 Å². The number of hydrogen-bond acceptors (Lipinski definition) is 4. The van der Waals surface area contributed by atoms with Crippen LogP contribution in [-0.2, 0) is 0 Å². The highest BCUT2D eigenvalue weighted by molar-refractivity contribution is 5.95. The molecule has 1 unspecified atom stereocenters. The number of nitro groups is 1. The Morgan fingerprint density at radius 3 is 2.53 bits per heavy atom. The number of nitro benzene ring substituents is 1. The summed E-state index contributed by atoms with van der Waals surface area (Å²) < 4.78 is 0. The van der Waals surface area contributed by atoms with Crippen LogP contribution < -0.4 is 0 Å². The average molecular weight is 266 g/mol. The van der Waals surface area contributed by atoms with Crippen molar-refractivity contribution in [1.82, 2.24) is 4.90 Å². The Hall–Kier alpha value is -1.95. The second-order valence-corrected chi connectivity index (χ2v) is 4.71. The Morgan fingerprint density at radius 2 is 2.05 bits per heavy atom. The predicted molar refractivity (Wildman–Crippen MR) is 70.9 cm³/mol. The van der Waals surface area contributed by atoms with E-state index in [-0.39, 0.29) is 29.7 Å². The average Bonchev–Trinajstić information content (AvgIpc) is 2.34. The maximum atomic E-state index is 12.3. The lowest BCUT2D eigenvalue weighted by atomic mass is 10.1. The van der Waals surface area contributed by atoms with Crippen molar-refractivity contribution in [2.45, 2.75) is 32.9 Å². The SMILES string of the molecule is CC(O)CN(C(=O)c1cccc([N+](=O)[O-])c1)C(C)C. The van der Waals surface area contributed by atoms with E-state index in [2.05, 4.69) is 0 Å². The summed E-state index contributed by atoms with van der Waals surface area (Å²) in [6.45, 7) is 5.45. The molecule has 0 radical (unpaired) electrons. The molecule has 1 aromatic rings. The molecule has 1 aromatic carbocycles. The number of aliphatic hydroxyl groups excluding tert-OH is 1. The lowest BCUT2D eigenvalue weighted by Gasteiger charge is -2.28. The quantitative estimate of drug-likeness (QED) is 0.651. The van der Waals surface area contributed by atoms with Gasteiger partial charge in [0.25, 0.3) is 11.6 Å². The molecule has 6 heteroatoms. The van der Waals surface area contributed by atoms with Crippen molar-refractivity contribution in [3.63, 3.8) is 0 Å². The fourth-order valence-corrected chi connectivity index (χ4v) is 1.73. The van der Waals surface area contributed by atoms with E-state index in [0.717, 1.165) is 0 Å². The molecule has 0 saturated heterocycles. The molecule has 1 rings (SSSR count). The third kappa shape index (κ3) is 4.03. The van der Waals surface area contributed by atoms with Crippen molar-refractivity contribution in [3.05, 3.63) is 39.9 Å². The summed E-state index contributed by atoms with van der Waals surface area (Å²) in [4.78, 5) is 23.9. The number of rotatable bonds is 5. The zero-order valence-electron chi connectivity index (χ0n) is 11.2. The highest BCUT2D eigenvalue weighted by Crippen LogP contribution is 2.16. The Kier molecular flexibility index (Phi) is 5.00. The van der Waals surface area contributed by atoms with Crippen molar-refractivity contribution >= 4 is 11.6 Å². The number of non-ortho nitro benzene ring substituents is 1. The molecular formula is C13H18N2O4. The third-order valence-electron chi connectivity index (χ3n) is 2.65. The molecule has 0 aliphatic carbocycles. The monoisotopic (exact) mass is 266 g/mol. The van der Waals surface area contributed by atoms with Gasteiger partial charge in [-0.2, -0.15) is 0 Å². The van der Waals surface area contributed by atoms with E-state index in [1.165, 1.54) is 29.2 Å². The Bertz CT molecular complexity index is 471. The van der Waals surface area contributed by atoms with Gasteiger partial charge in [0.05, 0.1) is 11.0 Å². The van der Waals surface area contributed by atoms with Gasteiger partial charge < -0.3 is 10.0 Å². The van der Waals surface area contributed by atoms with Crippen LogP contribution in [0.25, 0.3) is 0 Å². The maximum absolute atomic E-state index is 12.3. The van der Waals surface area contributed by atoms with Gasteiger partial charge in [-0.05, 0) is 26.8 Å². The Labute approximate surface area is 111 Å². The molecule has 6 nitrogen and oxygen atoms in total. The number of carbonyl (C=O) groups is 1. The Morgan fingerprint density at radius 1 is 1.42 bits per heavy atom. The molecule has 1 atom stereocenters. The van der Waals surface area contributed by atoms with Gasteiger partial charge in [0.2, 0.25) is 0 Å². The van der Waals surface area contributed by atoms with E-state index in [1.807, 2.05) is 13.8 Å². The molecule has 0 aliphatic heterocycles. The zero-order valence-corrected chi connectivity index (χ0v) is 11.2. The van der Waals surface area contributed by atoms with Crippen LogP contribution in [0.3, 0.4) is 0 Å². The van der Waals surface area contributed by atoms with Gasteiger partial charge in [0, 0.05) is 30.3 Å². The van der Waals surface area contributed by atoms with Gasteiger partial charge >= 0.3 is 0 Å². The maximum Gasteiger partial charge on any atom is 0.270 e. The second-order valence-electron chi connectivity index (χ2n) is 4.71. The van der Waals surface area contributed by atoms with Gasteiger partial charge in [-0.1, -0.05) is 6.07 Å². The van der Waals surface area contributed by atoms with Crippen LogP contribution in [0.2, 0.25) is 0 Å². The molecule has 19 heavy (non-hydrogen) atoms. The zero-order chi connectivity index (χ0) is 14.6. The standard InChI is InChI=1S/C13H18N2O4/c1-9(2)14(8-10(3)16)13(17)11-5-4-6-12(7-11)15(18)19/h4-7,9-10,16H,8H2,1-3H3. The van der Waals surface area contributed by atoms with Gasteiger partial charge in [-0.3, -0.25) is 14.9 Å². The molecule has 0 aliphatic rings. The van der Waals surface area contributed by atoms with Crippen molar-refractivity contribution in [3.8, 4) is 0 Å². The summed E-state index contributed by atoms with van der Waals surface area (Å²) in [6.07, 6.45) is -0.648. The first-order valence-corrected chi connectivity index (χ1v) is 6.06. The second kappa shape index (κ2) is 6.29. The molecule has 0 bridgehead atoms. The molecule has 0 spiro atoms. The highest BCUT2D eigenvalue weighted by atomic mass is 16.6. The predicted octanol–water partition coefficient (Wildman–Crippen LogP) is 1.83. The number of nitrogens with zero attached hydrogens (tertiary/aromatic N) is 2. The lowest BCUT2D eigenvalue weighted by molar-refractivity contribution is -0.384. The smallest absolute Gasteiger partial charge is 0.270 e. The van der Waals surface area contributed by atoms with E-state index in [4.69, 9.17) is 0 Å². The van der Waals surface area contributed by atoms with Crippen LogP contribution in [-0.4, -0.2) is 39.5 Å². The van der Waals surface area contributed by atoms with E-state index >= 15 is 0 Å². The Balaban J connectivity index is 3.02. The number of carbonyl (C=O) groups excluding carboxylic acids is 1. The minimum absolute atomic E-state index is 0.0960. The molecule has 0 fully saturated rings. The van der Waals surface area contributed by atoms with Crippen molar-refractivity contribution in [2.75, 3.05) is 6.54 Å². The summed E-state index contributed by atoms with van der Waals surface area (Å²) in [7, 11) is 0. The molecule has 0 saturated carbocycles. The first-order valence-electron chi connectivity index (χ1n) is 6.06. The number of aliphatic hydroxyl groups is 1. The number of amides is 1. The molecule has 1 amide bonds. The molecule has 0 aromatic heterocycles. The van der Waals surface area contributed by atoms with Gasteiger partial charge in [-0.25, -0.2) is 0 Å². The van der Waals surface area contributed by atoms with Crippen molar-refractivity contribution in [2.24, 2.45) is 0 Å². The van der Waals surface area contributed by atoms with Crippen LogP contribution in [0.15, 0.2) is 24.3 Å².